The van der Waals surface area contributed by atoms with E-state index >= 15 is 0 Å². The lowest BCUT2D eigenvalue weighted by Crippen LogP contribution is -1.96. The molecule has 3 nitrogen and oxygen atoms in total. The van der Waals surface area contributed by atoms with E-state index in [1.165, 1.54) is 4.40 Å². The molecule has 0 radical (unpaired) electrons. The number of aromatic nitrogens is 2. The molecular weight excluding hydrogens is 291 g/mol. The van der Waals surface area contributed by atoms with Crippen molar-refractivity contribution in [1.82, 2.24) is 9.38 Å². The van der Waals surface area contributed by atoms with Gasteiger partial charge in [-0.1, -0.05) is 11.6 Å². The van der Waals surface area contributed by atoms with Gasteiger partial charge < -0.3 is 5.73 Å². The number of imidazole rings is 1. The SMILES string of the molecule is Nc1c(-c2cc(F)c(F)c(F)c2)nc2c(Cl)cccn12. The molecule has 0 saturated carbocycles. The molecule has 0 aliphatic heterocycles. The van der Waals surface area contributed by atoms with Crippen LogP contribution in [0.2, 0.25) is 5.02 Å². The van der Waals surface area contributed by atoms with E-state index in [4.69, 9.17) is 17.3 Å². The van der Waals surface area contributed by atoms with Gasteiger partial charge in [-0.15, -0.1) is 0 Å². The molecule has 7 heteroatoms. The zero-order valence-corrected chi connectivity index (χ0v) is 10.6. The van der Waals surface area contributed by atoms with Crippen LogP contribution >= 0.6 is 11.6 Å². The molecule has 0 unspecified atom stereocenters. The van der Waals surface area contributed by atoms with Crippen LogP contribution in [0.4, 0.5) is 19.0 Å². The molecule has 0 aliphatic carbocycles. The molecule has 20 heavy (non-hydrogen) atoms. The van der Waals surface area contributed by atoms with Crippen molar-refractivity contribution >= 4 is 23.1 Å². The largest absolute Gasteiger partial charge is 0.383 e. The minimum atomic E-state index is -1.53. The van der Waals surface area contributed by atoms with E-state index in [0.29, 0.717) is 10.7 Å². The van der Waals surface area contributed by atoms with Crippen molar-refractivity contribution in [1.29, 1.82) is 0 Å². The molecule has 0 fully saturated rings. The lowest BCUT2D eigenvalue weighted by atomic mass is 10.1. The number of fused-ring (bicyclic) bond motifs is 1. The highest BCUT2D eigenvalue weighted by atomic mass is 35.5. The third kappa shape index (κ3) is 1.80. The lowest BCUT2D eigenvalue weighted by Gasteiger charge is -2.01. The highest BCUT2D eigenvalue weighted by Crippen LogP contribution is 2.30. The number of hydrogen-bond donors (Lipinski definition) is 1. The van der Waals surface area contributed by atoms with Crippen LogP contribution in [0.3, 0.4) is 0 Å². The highest BCUT2D eigenvalue weighted by Gasteiger charge is 2.17. The smallest absolute Gasteiger partial charge is 0.194 e. The molecule has 0 amide bonds. The molecule has 102 valence electrons. The van der Waals surface area contributed by atoms with Crippen LogP contribution in [0.25, 0.3) is 16.9 Å². The summed E-state index contributed by atoms with van der Waals surface area (Å²) >= 11 is 5.97. The van der Waals surface area contributed by atoms with Gasteiger partial charge in [-0.2, -0.15) is 0 Å². The van der Waals surface area contributed by atoms with Gasteiger partial charge in [-0.3, -0.25) is 4.40 Å². The maximum Gasteiger partial charge on any atom is 0.194 e. The van der Waals surface area contributed by atoms with Crippen molar-refractivity contribution in [3.05, 3.63) is 52.9 Å². The molecule has 2 aromatic heterocycles. The van der Waals surface area contributed by atoms with Crippen LogP contribution in [0.15, 0.2) is 30.5 Å². The first-order valence-electron chi connectivity index (χ1n) is 5.56. The Kier molecular flexibility index (Phi) is 2.83. The lowest BCUT2D eigenvalue weighted by molar-refractivity contribution is 0.447. The van der Waals surface area contributed by atoms with E-state index in [-0.39, 0.29) is 17.1 Å². The van der Waals surface area contributed by atoms with Gasteiger partial charge in [0.05, 0.1) is 5.02 Å². The Hall–Kier alpha value is -2.21. The van der Waals surface area contributed by atoms with Gasteiger partial charge in [0.1, 0.15) is 11.5 Å². The average molecular weight is 298 g/mol. The Bertz CT molecular complexity index is 806. The second-order valence-electron chi connectivity index (χ2n) is 4.15. The average Bonchev–Trinajstić information content (AvgIpc) is 2.75. The number of nitrogens with zero attached hydrogens (tertiary/aromatic N) is 2. The van der Waals surface area contributed by atoms with Crippen molar-refractivity contribution in [2.24, 2.45) is 0 Å². The van der Waals surface area contributed by atoms with E-state index in [9.17, 15) is 13.2 Å². The van der Waals surface area contributed by atoms with Gasteiger partial charge in [-0.05, 0) is 24.3 Å². The summed E-state index contributed by atoms with van der Waals surface area (Å²) in [5.41, 5.74) is 6.41. The Balaban J connectivity index is 2.30. The first-order chi connectivity index (χ1) is 9.49. The summed E-state index contributed by atoms with van der Waals surface area (Å²) in [4.78, 5) is 4.14. The summed E-state index contributed by atoms with van der Waals surface area (Å²) in [5.74, 6) is -3.98. The minimum Gasteiger partial charge on any atom is -0.383 e. The van der Waals surface area contributed by atoms with Gasteiger partial charge >= 0.3 is 0 Å². The van der Waals surface area contributed by atoms with Crippen LogP contribution in [0, 0.1) is 17.5 Å². The maximum absolute atomic E-state index is 13.3. The number of pyridine rings is 1. The third-order valence-corrected chi connectivity index (χ3v) is 3.19. The molecule has 0 saturated heterocycles. The molecule has 3 rings (SSSR count). The van der Waals surface area contributed by atoms with Crippen molar-refractivity contribution in [3.63, 3.8) is 0 Å². The Morgan fingerprint density at radius 1 is 1.15 bits per heavy atom. The van der Waals surface area contributed by atoms with Crippen molar-refractivity contribution in [2.75, 3.05) is 5.73 Å². The molecule has 2 heterocycles. The summed E-state index contributed by atoms with van der Waals surface area (Å²) < 4.78 is 41.0. The van der Waals surface area contributed by atoms with Crippen LogP contribution in [-0.2, 0) is 0 Å². The number of halogens is 4. The van der Waals surface area contributed by atoms with E-state index < -0.39 is 17.5 Å². The molecule has 0 atom stereocenters. The fourth-order valence-corrected chi connectivity index (χ4v) is 2.16. The minimum absolute atomic E-state index is 0.0404. The topological polar surface area (TPSA) is 43.3 Å². The van der Waals surface area contributed by atoms with E-state index in [1.54, 1.807) is 18.3 Å². The molecule has 0 aliphatic rings. The molecule has 2 N–H and O–H groups in total. The number of anilines is 1. The van der Waals surface area contributed by atoms with Gasteiger partial charge in [0, 0.05) is 11.8 Å². The van der Waals surface area contributed by atoms with Crippen molar-refractivity contribution in [2.45, 2.75) is 0 Å². The quantitative estimate of drug-likeness (QED) is 0.697. The summed E-state index contributed by atoms with van der Waals surface area (Å²) in [6.45, 7) is 0. The van der Waals surface area contributed by atoms with Gasteiger partial charge in [0.2, 0.25) is 0 Å². The summed E-state index contributed by atoms with van der Waals surface area (Å²) in [5, 5.41) is 0.341. The predicted molar refractivity (Wildman–Crippen MR) is 69.9 cm³/mol. The van der Waals surface area contributed by atoms with Gasteiger partial charge in [0.25, 0.3) is 0 Å². The molecule has 1 aromatic carbocycles. The monoisotopic (exact) mass is 297 g/mol. The first-order valence-corrected chi connectivity index (χ1v) is 5.94. The Morgan fingerprint density at radius 3 is 2.40 bits per heavy atom. The number of hydrogen-bond acceptors (Lipinski definition) is 2. The fraction of sp³-hybridized carbons (Fsp3) is 0. The number of rotatable bonds is 1. The van der Waals surface area contributed by atoms with Crippen molar-refractivity contribution in [3.8, 4) is 11.3 Å². The number of nitrogens with two attached hydrogens (primary N) is 1. The van der Waals surface area contributed by atoms with Crippen molar-refractivity contribution < 1.29 is 13.2 Å². The zero-order chi connectivity index (χ0) is 14.4. The summed E-state index contributed by atoms with van der Waals surface area (Å²) in [6, 6.07) is 4.94. The van der Waals surface area contributed by atoms with Gasteiger partial charge in [-0.25, -0.2) is 18.2 Å². The van der Waals surface area contributed by atoms with E-state index in [1.807, 2.05) is 0 Å². The second-order valence-corrected chi connectivity index (χ2v) is 4.56. The van der Waals surface area contributed by atoms with Crippen LogP contribution < -0.4 is 5.73 Å². The van der Waals surface area contributed by atoms with E-state index in [0.717, 1.165) is 12.1 Å². The van der Waals surface area contributed by atoms with Crippen LogP contribution in [0.5, 0.6) is 0 Å². The first kappa shape index (κ1) is 12.8. The van der Waals surface area contributed by atoms with Crippen LogP contribution in [0.1, 0.15) is 0 Å². The number of nitrogen functional groups attached to an aromatic ring is 1. The molecule has 0 bridgehead atoms. The summed E-state index contributed by atoms with van der Waals surface area (Å²) in [7, 11) is 0. The maximum atomic E-state index is 13.3. The standard InChI is InChI=1S/C13H7ClF3N3/c14-7-2-1-3-20-12(18)11(19-13(7)20)6-4-8(15)10(17)9(16)5-6/h1-5H,18H2. The Morgan fingerprint density at radius 2 is 1.80 bits per heavy atom. The Labute approximate surface area is 116 Å². The highest BCUT2D eigenvalue weighted by molar-refractivity contribution is 6.33. The normalized spacial score (nSPS) is 11.2. The molecular formula is C13H7ClF3N3. The molecule has 0 spiro atoms. The zero-order valence-electron chi connectivity index (χ0n) is 9.87. The van der Waals surface area contributed by atoms with Crippen LogP contribution in [-0.4, -0.2) is 9.38 Å². The summed E-state index contributed by atoms with van der Waals surface area (Å²) in [6.07, 6.45) is 1.61. The predicted octanol–water partition coefficient (Wildman–Crippen LogP) is 3.65. The second kappa shape index (κ2) is 4.42. The number of benzene rings is 1. The molecule has 3 aromatic rings. The van der Waals surface area contributed by atoms with E-state index in [2.05, 4.69) is 4.98 Å². The fourth-order valence-electron chi connectivity index (χ4n) is 1.96. The van der Waals surface area contributed by atoms with Gasteiger partial charge in [0.15, 0.2) is 23.1 Å². The third-order valence-electron chi connectivity index (χ3n) is 2.90.